The Balaban J connectivity index is 1.74. The summed E-state index contributed by atoms with van der Waals surface area (Å²) >= 11 is 4.99. The van der Waals surface area contributed by atoms with E-state index in [4.69, 9.17) is 0 Å². The number of aryl methyl sites for hydroxylation is 1. The van der Waals surface area contributed by atoms with Crippen LogP contribution in [0.15, 0.2) is 63.3 Å². The van der Waals surface area contributed by atoms with Gasteiger partial charge in [-0.25, -0.2) is 8.42 Å². The number of sulfonamides is 1. The van der Waals surface area contributed by atoms with Crippen LogP contribution in [0.1, 0.15) is 26.4 Å². The van der Waals surface area contributed by atoms with E-state index in [0.29, 0.717) is 17.8 Å². The van der Waals surface area contributed by atoms with Crippen molar-refractivity contribution in [2.24, 2.45) is 0 Å². The molecule has 1 aromatic heterocycles. The number of rotatable bonds is 6. The lowest BCUT2D eigenvalue weighted by molar-refractivity contribution is 0.0786. The van der Waals surface area contributed by atoms with E-state index in [2.05, 4.69) is 20.7 Å². The minimum Gasteiger partial charge on any atom is -0.337 e. The Morgan fingerprint density at radius 2 is 1.76 bits per heavy atom. The maximum absolute atomic E-state index is 12.7. The van der Waals surface area contributed by atoms with Gasteiger partial charge in [-0.05, 0) is 83.4 Å². The summed E-state index contributed by atoms with van der Waals surface area (Å²) in [6, 6.07) is 15.4. The van der Waals surface area contributed by atoms with E-state index < -0.39 is 10.0 Å². The van der Waals surface area contributed by atoms with Crippen LogP contribution >= 0.6 is 27.3 Å². The van der Waals surface area contributed by atoms with Gasteiger partial charge in [0.05, 0.1) is 20.9 Å². The van der Waals surface area contributed by atoms with Crippen molar-refractivity contribution in [3.63, 3.8) is 0 Å². The van der Waals surface area contributed by atoms with Crippen LogP contribution in [-0.4, -0.2) is 26.3 Å². The quantitative estimate of drug-likeness (QED) is 0.513. The predicted molar refractivity (Wildman–Crippen MR) is 121 cm³/mol. The van der Waals surface area contributed by atoms with Crippen LogP contribution < -0.4 is 4.72 Å². The normalized spacial score (nSPS) is 11.3. The van der Waals surface area contributed by atoms with Crippen LogP contribution in [0.4, 0.5) is 5.69 Å². The van der Waals surface area contributed by atoms with E-state index in [0.717, 1.165) is 19.8 Å². The van der Waals surface area contributed by atoms with Crippen LogP contribution in [0, 0.1) is 13.8 Å². The molecule has 152 valence electrons. The number of thiophene rings is 1. The molecule has 0 radical (unpaired) electrons. The van der Waals surface area contributed by atoms with Gasteiger partial charge >= 0.3 is 0 Å². The van der Waals surface area contributed by atoms with Crippen molar-refractivity contribution >= 4 is 48.9 Å². The van der Waals surface area contributed by atoms with Gasteiger partial charge in [0.15, 0.2) is 0 Å². The number of nitrogens with zero attached hydrogens (tertiary/aromatic N) is 1. The second kappa shape index (κ2) is 8.69. The van der Waals surface area contributed by atoms with Gasteiger partial charge in [0.25, 0.3) is 15.9 Å². The van der Waals surface area contributed by atoms with Crippen molar-refractivity contribution in [2.45, 2.75) is 25.3 Å². The number of benzene rings is 2. The lowest BCUT2D eigenvalue weighted by Crippen LogP contribution is -2.25. The number of amides is 1. The van der Waals surface area contributed by atoms with Gasteiger partial charge in [-0.3, -0.25) is 9.52 Å². The highest BCUT2D eigenvalue weighted by molar-refractivity contribution is 9.11. The van der Waals surface area contributed by atoms with Gasteiger partial charge in [0, 0.05) is 17.5 Å². The highest BCUT2D eigenvalue weighted by Gasteiger charge is 2.18. The fourth-order valence-electron chi connectivity index (χ4n) is 2.80. The molecule has 1 heterocycles. The zero-order valence-electron chi connectivity index (χ0n) is 16.3. The first-order valence-corrected chi connectivity index (χ1v) is 12.0. The Morgan fingerprint density at radius 3 is 2.38 bits per heavy atom. The molecular weight excluding hydrogens is 472 g/mol. The van der Waals surface area contributed by atoms with E-state index in [9.17, 15) is 13.2 Å². The minimum atomic E-state index is -3.74. The van der Waals surface area contributed by atoms with Gasteiger partial charge < -0.3 is 4.90 Å². The number of anilines is 1. The fraction of sp³-hybridized carbons (Fsp3) is 0.190. The van der Waals surface area contributed by atoms with Crippen molar-refractivity contribution in [3.05, 3.63) is 80.0 Å². The zero-order chi connectivity index (χ0) is 21.2. The highest BCUT2D eigenvalue weighted by Crippen LogP contribution is 2.24. The molecule has 0 atom stereocenters. The monoisotopic (exact) mass is 492 g/mol. The van der Waals surface area contributed by atoms with Gasteiger partial charge in [0.2, 0.25) is 0 Å². The second-order valence-corrected chi connectivity index (χ2v) is 11.0. The first-order chi connectivity index (χ1) is 13.7. The fourth-order valence-corrected chi connectivity index (χ4v) is 5.46. The average molecular weight is 493 g/mol. The summed E-state index contributed by atoms with van der Waals surface area (Å²) in [7, 11) is -2.01. The van der Waals surface area contributed by atoms with Gasteiger partial charge in [-0.1, -0.05) is 12.1 Å². The van der Waals surface area contributed by atoms with Gasteiger partial charge in [-0.15, -0.1) is 11.3 Å². The van der Waals surface area contributed by atoms with Crippen molar-refractivity contribution in [3.8, 4) is 0 Å². The van der Waals surface area contributed by atoms with Crippen molar-refractivity contribution < 1.29 is 13.2 Å². The van der Waals surface area contributed by atoms with E-state index in [1.54, 1.807) is 41.5 Å². The minimum absolute atomic E-state index is 0.111. The van der Waals surface area contributed by atoms with Gasteiger partial charge in [0.1, 0.15) is 0 Å². The third kappa shape index (κ3) is 5.07. The van der Waals surface area contributed by atoms with E-state index in [1.807, 2.05) is 38.1 Å². The summed E-state index contributed by atoms with van der Waals surface area (Å²) in [5.74, 6) is -0.166. The molecule has 0 spiro atoms. The van der Waals surface area contributed by atoms with Crippen molar-refractivity contribution in [2.75, 3.05) is 11.8 Å². The first-order valence-electron chi connectivity index (χ1n) is 8.86. The Hall–Kier alpha value is -2.16. The standard InChI is InChI=1S/C21H21BrN2O3S2/c1-14-5-4-6-19(15(14)2)23-29(26,27)18-10-7-16(8-11-18)21(25)24(3)13-17-9-12-20(22)28-17/h4-12,23H,13H2,1-3H3. The zero-order valence-corrected chi connectivity index (χ0v) is 19.5. The summed E-state index contributed by atoms with van der Waals surface area (Å²) in [5, 5.41) is 0. The van der Waals surface area contributed by atoms with Crippen molar-refractivity contribution in [1.29, 1.82) is 0 Å². The van der Waals surface area contributed by atoms with Crippen molar-refractivity contribution in [1.82, 2.24) is 4.90 Å². The molecule has 3 rings (SSSR count). The smallest absolute Gasteiger partial charge is 0.261 e. The first kappa shape index (κ1) is 21.5. The molecule has 0 saturated carbocycles. The second-order valence-electron chi connectivity index (χ2n) is 6.74. The van der Waals surface area contributed by atoms with Crippen LogP contribution in [-0.2, 0) is 16.6 Å². The third-order valence-corrected chi connectivity index (χ3v) is 7.62. The molecule has 3 aromatic rings. The van der Waals surface area contributed by atoms with Crippen LogP contribution in [0.25, 0.3) is 0 Å². The molecule has 1 N–H and O–H groups in total. The van der Waals surface area contributed by atoms with Crippen LogP contribution in [0.3, 0.4) is 0 Å². The number of hydrogen-bond donors (Lipinski definition) is 1. The SMILES string of the molecule is Cc1cccc(NS(=O)(=O)c2ccc(C(=O)N(C)Cc3ccc(Br)s3)cc2)c1C. The predicted octanol–water partition coefficient (Wildman–Crippen LogP) is 5.20. The number of hydrogen-bond acceptors (Lipinski definition) is 4. The summed E-state index contributed by atoms with van der Waals surface area (Å²) in [6.07, 6.45) is 0. The number of nitrogens with one attached hydrogen (secondary N) is 1. The molecule has 0 aliphatic rings. The Bertz CT molecular complexity index is 1140. The maximum Gasteiger partial charge on any atom is 0.261 e. The molecule has 0 saturated heterocycles. The molecule has 0 fully saturated rings. The van der Waals surface area contributed by atoms with E-state index >= 15 is 0 Å². The summed E-state index contributed by atoms with van der Waals surface area (Å²) in [6.45, 7) is 4.29. The summed E-state index contributed by atoms with van der Waals surface area (Å²) in [5.41, 5.74) is 2.87. The molecule has 0 aliphatic carbocycles. The lowest BCUT2D eigenvalue weighted by Gasteiger charge is -2.17. The molecule has 0 aliphatic heterocycles. The van der Waals surface area contributed by atoms with E-state index in [1.165, 1.54) is 12.1 Å². The Morgan fingerprint density at radius 1 is 1.07 bits per heavy atom. The molecule has 2 aromatic carbocycles. The van der Waals surface area contributed by atoms with Crippen LogP contribution in [0.2, 0.25) is 0 Å². The molecule has 8 heteroatoms. The molecule has 0 unspecified atom stereocenters. The largest absolute Gasteiger partial charge is 0.337 e. The Labute approximate surface area is 183 Å². The molecule has 29 heavy (non-hydrogen) atoms. The van der Waals surface area contributed by atoms with E-state index in [-0.39, 0.29) is 10.8 Å². The molecule has 1 amide bonds. The molecule has 0 bridgehead atoms. The molecular formula is C21H21BrN2O3S2. The summed E-state index contributed by atoms with van der Waals surface area (Å²) in [4.78, 5) is 15.4. The lowest BCUT2D eigenvalue weighted by atomic mass is 10.1. The highest BCUT2D eigenvalue weighted by atomic mass is 79.9. The number of halogens is 1. The topological polar surface area (TPSA) is 66.5 Å². The average Bonchev–Trinajstić information content (AvgIpc) is 3.09. The number of carbonyl (C=O) groups is 1. The van der Waals surface area contributed by atoms with Gasteiger partial charge in [-0.2, -0.15) is 0 Å². The number of carbonyl (C=O) groups excluding carboxylic acids is 1. The Kier molecular flexibility index (Phi) is 6.45. The molecule has 5 nitrogen and oxygen atoms in total. The maximum atomic E-state index is 12.7. The van der Waals surface area contributed by atoms with Crippen LogP contribution in [0.5, 0.6) is 0 Å². The third-order valence-electron chi connectivity index (χ3n) is 4.63. The summed E-state index contributed by atoms with van der Waals surface area (Å²) < 4.78 is 29.1.